The van der Waals surface area contributed by atoms with Gasteiger partial charge in [0.15, 0.2) is 5.76 Å². The van der Waals surface area contributed by atoms with Gasteiger partial charge in [-0.3, -0.25) is 4.79 Å². The van der Waals surface area contributed by atoms with Crippen molar-refractivity contribution in [2.45, 2.75) is 26.3 Å². The van der Waals surface area contributed by atoms with Crippen LogP contribution >= 0.6 is 0 Å². The summed E-state index contributed by atoms with van der Waals surface area (Å²) >= 11 is 0. The van der Waals surface area contributed by atoms with Gasteiger partial charge in [-0.15, -0.1) is 0 Å². The van der Waals surface area contributed by atoms with Gasteiger partial charge in [-0.2, -0.15) is 0 Å². The predicted molar refractivity (Wildman–Crippen MR) is 76.7 cm³/mol. The number of carbonyl (C=O) groups is 3. The van der Waals surface area contributed by atoms with E-state index in [1.165, 1.54) is 25.3 Å². The molecule has 1 unspecified atom stereocenters. The van der Waals surface area contributed by atoms with Gasteiger partial charge in [0.05, 0.1) is 20.3 Å². The van der Waals surface area contributed by atoms with Crippen LogP contribution in [0.5, 0.6) is 0 Å². The quantitative estimate of drug-likeness (QED) is 0.791. The number of methoxy groups -OCH3 is 1. The first-order valence-electron chi connectivity index (χ1n) is 6.78. The van der Waals surface area contributed by atoms with Gasteiger partial charge in [-0.25, -0.2) is 20.0 Å². The highest BCUT2D eigenvalue weighted by molar-refractivity contribution is 6.04. The Labute approximate surface area is 128 Å². The number of nitrogens with one attached hydrogen (secondary N) is 1. The molecule has 22 heavy (non-hydrogen) atoms. The smallest absolute Gasteiger partial charge is 0.429 e. The van der Waals surface area contributed by atoms with E-state index in [4.69, 9.17) is 14.2 Å². The standard InChI is InChI=1S/C14H20N2O6/c1-5-21-12(18)15-16(13(19)22-6-2)14(3)8-7-10(17)11(9-14)20-4/h7-9H,5-6H2,1-4H3,(H,15,18). The highest BCUT2D eigenvalue weighted by Crippen LogP contribution is 2.25. The second kappa shape index (κ2) is 7.48. The summed E-state index contributed by atoms with van der Waals surface area (Å²) in [6.07, 6.45) is 2.54. The number of ketones is 1. The third-order valence-electron chi connectivity index (χ3n) is 2.87. The summed E-state index contributed by atoms with van der Waals surface area (Å²) in [4.78, 5) is 35.4. The molecule has 0 aromatic heterocycles. The topological polar surface area (TPSA) is 94.2 Å². The van der Waals surface area contributed by atoms with E-state index in [9.17, 15) is 14.4 Å². The van der Waals surface area contributed by atoms with Gasteiger partial charge in [0.1, 0.15) is 5.54 Å². The Hall–Kier alpha value is -2.51. The van der Waals surface area contributed by atoms with Crippen LogP contribution in [-0.2, 0) is 19.0 Å². The molecule has 1 aliphatic rings. The van der Waals surface area contributed by atoms with Gasteiger partial charge in [0.2, 0.25) is 5.78 Å². The summed E-state index contributed by atoms with van der Waals surface area (Å²) in [7, 11) is 1.34. The van der Waals surface area contributed by atoms with E-state index in [0.717, 1.165) is 5.01 Å². The summed E-state index contributed by atoms with van der Waals surface area (Å²) in [5.74, 6) is -0.273. The monoisotopic (exact) mass is 312 g/mol. The molecule has 0 aromatic carbocycles. The molecule has 1 aliphatic carbocycles. The highest BCUT2D eigenvalue weighted by atomic mass is 16.6. The maximum Gasteiger partial charge on any atom is 0.429 e. The SMILES string of the molecule is CCOC(=O)NN(C(=O)OCC)C1(C)C=CC(=O)C(OC)=C1. The number of amides is 2. The fourth-order valence-corrected chi connectivity index (χ4v) is 1.82. The van der Waals surface area contributed by atoms with Gasteiger partial charge in [-0.05, 0) is 39.0 Å². The third kappa shape index (κ3) is 4.00. The van der Waals surface area contributed by atoms with Gasteiger partial charge >= 0.3 is 12.2 Å². The molecule has 8 nitrogen and oxygen atoms in total. The first kappa shape index (κ1) is 17.5. The predicted octanol–water partition coefficient (Wildman–Crippen LogP) is 1.53. The molecule has 0 spiro atoms. The minimum absolute atomic E-state index is 0.0601. The van der Waals surface area contributed by atoms with Crippen LogP contribution in [-0.4, -0.2) is 48.8 Å². The van der Waals surface area contributed by atoms with E-state index in [1.807, 2.05) is 0 Å². The maximum absolute atomic E-state index is 12.1. The van der Waals surface area contributed by atoms with Crippen molar-refractivity contribution < 1.29 is 28.6 Å². The molecule has 0 saturated carbocycles. The third-order valence-corrected chi connectivity index (χ3v) is 2.87. The van der Waals surface area contributed by atoms with Crippen molar-refractivity contribution in [3.8, 4) is 0 Å². The lowest BCUT2D eigenvalue weighted by molar-refractivity contribution is -0.114. The number of allylic oxidation sites excluding steroid dienone is 1. The molecular formula is C14H20N2O6. The van der Waals surface area contributed by atoms with Crippen molar-refractivity contribution in [3.05, 3.63) is 24.0 Å². The average molecular weight is 312 g/mol. The van der Waals surface area contributed by atoms with E-state index in [-0.39, 0.29) is 24.8 Å². The molecule has 1 atom stereocenters. The lowest BCUT2D eigenvalue weighted by atomic mass is 9.94. The first-order chi connectivity index (χ1) is 10.4. The lowest BCUT2D eigenvalue weighted by Gasteiger charge is -2.36. The van der Waals surface area contributed by atoms with Crippen LogP contribution in [0.25, 0.3) is 0 Å². The number of carbonyl (C=O) groups excluding carboxylic acids is 3. The summed E-state index contributed by atoms with van der Waals surface area (Å²) in [6.45, 7) is 5.15. The minimum atomic E-state index is -1.14. The van der Waals surface area contributed by atoms with Crippen molar-refractivity contribution in [2.24, 2.45) is 0 Å². The number of nitrogens with zero attached hydrogens (tertiary/aromatic N) is 1. The molecular weight excluding hydrogens is 292 g/mol. The molecule has 0 heterocycles. The Balaban J connectivity index is 3.11. The molecule has 2 amide bonds. The summed E-state index contributed by atoms with van der Waals surface area (Å²) in [6, 6.07) is 0. The van der Waals surface area contributed by atoms with Gasteiger partial charge in [0.25, 0.3) is 0 Å². The zero-order valence-electron chi connectivity index (χ0n) is 13.0. The molecule has 8 heteroatoms. The van der Waals surface area contributed by atoms with Crippen LogP contribution < -0.4 is 5.43 Å². The number of hydrazine groups is 1. The van der Waals surface area contributed by atoms with Crippen LogP contribution in [0, 0.1) is 0 Å². The Morgan fingerprint density at radius 2 is 1.91 bits per heavy atom. The molecule has 0 saturated heterocycles. The van der Waals surface area contributed by atoms with Crippen LogP contribution in [0.15, 0.2) is 24.0 Å². The molecule has 0 fully saturated rings. The Morgan fingerprint density at radius 3 is 2.45 bits per heavy atom. The fraction of sp³-hybridized carbons (Fsp3) is 0.500. The van der Waals surface area contributed by atoms with E-state index >= 15 is 0 Å². The second-order valence-electron chi connectivity index (χ2n) is 4.50. The molecule has 0 radical (unpaired) electrons. The van der Waals surface area contributed by atoms with Crippen molar-refractivity contribution >= 4 is 18.0 Å². The number of hydrogen-bond donors (Lipinski definition) is 1. The molecule has 1 N–H and O–H groups in total. The van der Waals surface area contributed by atoms with E-state index in [1.54, 1.807) is 20.8 Å². The van der Waals surface area contributed by atoms with Crippen molar-refractivity contribution in [3.63, 3.8) is 0 Å². The van der Waals surface area contributed by atoms with Crippen LogP contribution in [0.1, 0.15) is 20.8 Å². The lowest BCUT2D eigenvalue weighted by Crippen LogP contribution is -2.58. The Bertz CT molecular complexity index is 513. The summed E-state index contributed by atoms with van der Waals surface area (Å²) in [5, 5.41) is 0.941. The number of hydrogen-bond acceptors (Lipinski definition) is 6. The van der Waals surface area contributed by atoms with E-state index in [2.05, 4.69) is 5.43 Å². The second-order valence-corrected chi connectivity index (χ2v) is 4.50. The zero-order chi connectivity index (χ0) is 16.8. The van der Waals surface area contributed by atoms with Crippen LogP contribution in [0.2, 0.25) is 0 Å². The molecule has 0 bridgehead atoms. The molecule has 0 aromatic rings. The van der Waals surface area contributed by atoms with Crippen molar-refractivity contribution in [1.82, 2.24) is 10.4 Å². The average Bonchev–Trinajstić information content (AvgIpc) is 2.48. The van der Waals surface area contributed by atoms with Crippen LogP contribution in [0.4, 0.5) is 9.59 Å². The Morgan fingerprint density at radius 1 is 1.27 bits per heavy atom. The summed E-state index contributed by atoms with van der Waals surface area (Å²) in [5.41, 5.74) is 1.17. The molecule has 1 rings (SSSR count). The van der Waals surface area contributed by atoms with Gasteiger partial charge in [-0.1, -0.05) is 0 Å². The number of ether oxygens (including phenoxy) is 3. The van der Waals surface area contributed by atoms with Crippen LogP contribution in [0.3, 0.4) is 0 Å². The Kier molecular flexibility index (Phi) is 5.97. The number of rotatable bonds is 4. The van der Waals surface area contributed by atoms with Crippen molar-refractivity contribution in [1.29, 1.82) is 0 Å². The minimum Gasteiger partial charge on any atom is -0.493 e. The fourth-order valence-electron chi connectivity index (χ4n) is 1.82. The zero-order valence-corrected chi connectivity index (χ0v) is 13.0. The maximum atomic E-state index is 12.1. The molecule has 0 aliphatic heterocycles. The highest BCUT2D eigenvalue weighted by Gasteiger charge is 2.38. The normalized spacial score (nSPS) is 20.0. The molecule has 122 valence electrons. The van der Waals surface area contributed by atoms with Gasteiger partial charge < -0.3 is 14.2 Å². The summed E-state index contributed by atoms with van der Waals surface area (Å²) < 4.78 is 14.7. The largest absolute Gasteiger partial charge is 0.493 e. The van der Waals surface area contributed by atoms with Crippen molar-refractivity contribution in [2.75, 3.05) is 20.3 Å². The first-order valence-corrected chi connectivity index (χ1v) is 6.78. The van der Waals surface area contributed by atoms with E-state index in [0.29, 0.717) is 0 Å². The van der Waals surface area contributed by atoms with E-state index < -0.39 is 17.7 Å². The van der Waals surface area contributed by atoms with Gasteiger partial charge in [0, 0.05) is 0 Å².